The molecule has 0 bridgehead atoms. The van der Waals surface area contributed by atoms with Gasteiger partial charge in [0.2, 0.25) is 5.91 Å². The van der Waals surface area contributed by atoms with E-state index < -0.39 is 0 Å². The lowest BCUT2D eigenvalue weighted by molar-refractivity contribution is -0.129. The molecule has 2 aromatic rings. The summed E-state index contributed by atoms with van der Waals surface area (Å²) in [6, 6.07) is 8.34. The van der Waals surface area contributed by atoms with Gasteiger partial charge in [-0.15, -0.1) is 0 Å². The zero-order valence-corrected chi connectivity index (χ0v) is 15.3. The van der Waals surface area contributed by atoms with Crippen LogP contribution in [0.15, 0.2) is 24.3 Å². The molecule has 0 saturated carbocycles. The number of aromatic nitrogens is 2. The molecule has 6 heteroatoms. The Morgan fingerprint density at radius 2 is 1.60 bits per heavy atom. The van der Waals surface area contributed by atoms with Crippen molar-refractivity contribution in [2.45, 2.75) is 27.7 Å². The molecule has 1 aliphatic heterocycles. The molecule has 2 heterocycles. The Morgan fingerprint density at radius 1 is 0.960 bits per heavy atom. The van der Waals surface area contributed by atoms with E-state index in [0.29, 0.717) is 0 Å². The van der Waals surface area contributed by atoms with Gasteiger partial charge in [0.1, 0.15) is 17.5 Å². The second kappa shape index (κ2) is 7.09. The third-order valence-corrected chi connectivity index (χ3v) is 4.37. The summed E-state index contributed by atoms with van der Waals surface area (Å²) in [6.07, 6.45) is 0. The lowest BCUT2D eigenvalue weighted by atomic mass is 10.1. The lowest BCUT2D eigenvalue weighted by Gasteiger charge is -2.35. The quantitative estimate of drug-likeness (QED) is 0.932. The smallest absolute Gasteiger partial charge is 0.219 e. The number of hydrogen-bond acceptors (Lipinski definition) is 5. The monoisotopic (exact) mass is 339 g/mol. The van der Waals surface area contributed by atoms with Gasteiger partial charge in [-0.25, -0.2) is 9.97 Å². The molecule has 25 heavy (non-hydrogen) atoms. The largest absolute Gasteiger partial charge is 0.353 e. The summed E-state index contributed by atoms with van der Waals surface area (Å²) in [5.74, 6) is 2.57. The van der Waals surface area contributed by atoms with E-state index >= 15 is 0 Å². The van der Waals surface area contributed by atoms with E-state index in [1.54, 1.807) is 6.92 Å². The van der Waals surface area contributed by atoms with E-state index in [-0.39, 0.29) is 5.91 Å². The lowest BCUT2D eigenvalue weighted by Crippen LogP contribution is -2.48. The molecule has 3 rings (SSSR count). The fraction of sp³-hybridized carbons (Fsp3) is 0.421. The first-order valence-electron chi connectivity index (χ1n) is 8.62. The second-order valence-electron chi connectivity index (χ2n) is 6.65. The van der Waals surface area contributed by atoms with Crippen LogP contribution in [-0.4, -0.2) is 47.0 Å². The summed E-state index contributed by atoms with van der Waals surface area (Å²) < 4.78 is 0. The Morgan fingerprint density at radius 3 is 2.20 bits per heavy atom. The van der Waals surface area contributed by atoms with E-state index in [2.05, 4.69) is 52.2 Å². The minimum atomic E-state index is 0.135. The number of rotatable bonds is 3. The van der Waals surface area contributed by atoms with Crippen LogP contribution < -0.4 is 10.2 Å². The normalized spacial score (nSPS) is 14.6. The van der Waals surface area contributed by atoms with Gasteiger partial charge in [0.05, 0.1) is 0 Å². The van der Waals surface area contributed by atoms with Gasteiger partial charge in [-0.05, 0) is 44.0 Å². The Hall–Kier alpha value is -2.63. The van der Waals surface area contributed by atoms with E-state index in [4.69, 9.17) is 0 Å². The van der Waals surface area contributed by atoms with Gasteiger partial charge in [0.25, 0.3) is 0 Å². The summed E-state index contributed by atoms with van der Waals surface area (Å²) >= 11 is 0. The van der Waals surface area contributed by atoms with Crippen LogP contribution in [-0.2, 0) is 4.79 Å². The molecule has 0 spiro atoms. The van der Waals surface area contributed by atoms with Crippen LogP contribution in [0.25, 0.3) is 0 Å². The summed E-state index contributed by atoms with van der Waals surface area (Å²) in [7, 11) is 0. The molecule has 1 amide bonds. The molecule has 1 N–H and O–H groups in total. The third kappa shape index (κ3) is 4.26. The van der Waals surface area contributed by atoms with Gasteiger partial charge in [-0.1, -0.05) is 6.07 Å². The molecule has 6 nitrogen and oxygen atoms in total. The van der Waals surface area contributed by atoms with Gasteiger partial charge < -0.3 is 15.1 Å². The van der Waals surface area contributed by atoms with E-state index in [0.717, 1.165) is 49.3 Å². The van der Waals surface area contributed by atoms with Gasteiger partial charge in [-0.3, -0.25) is 4.79 Å². The molecule has 1 fully saturated rings. The first-order chi connectivity index (χ1) is 11.9. The average molecular weight is 339 g/mol. The number of hydrogen-bond donors (Lipinski definition) is 1. The van der Waals surface area contributed by atoms with Crippen LogP contribution in [0.1, 0.15) is 23.9 Å². The highest BCUT2D eigenvalue weighted by atomic mass is 16.2. The standard InChI is InChI=1S/C19H25N5O/c1-13-9-14(2)11-17(10-13)22-18-12-19(21-15(3)20-18)24-7-5-23(6-8-24)16(4)25/h9-12H,5-8H2,1-4H3,(H,20,21,22). The fourth-order valence-electron chi connectivity index (χ4n) is 3.22. The second-order valence-corrected chi connectivity index (χ2v) is 6.65. The van der Waals surface area contributed by atoms with Crippen molar-refractivity contribution >= 4 is 23.2 Å². The van der Waals surface area contributed by atoms with E-state index in [1.165, 1.54) is 11.1 Å². The predicted octanol–water partition coefficient (Wildman–Crippen LogP) is 2.81. The zero-order chi connectivity index (χ0) is 18.0. The van der Waals surface area contributed by atoms with Crippen molar-refractivity contribution in [1.29, 1.82) is 0 Å². The van der Waals surface area contributed by atoms with E-state index in [1.807, 2.05) is 17.9 Å². The van der Waals surface area contributed by atoms with Crippen LogP contribution in [0.5, 0.6) is 0 Å². The molecule has 0 aliphatic carbocycles. The molecular formula is C19H25N5O. The van der Waals surface area contributed by atoms with Crippen LogP contribution in [0.3, 0.4) is 0 Å². The SMILES string of the molecule is CC(=O)N1CCN(c2cc(Nc3cc(C)cc(C)c3)nc(C)n2)CC1. The van der Waals surface area contributed by atoms with Crippen molar-refractivity contribution in [2.24, 2.45) is 0 Å². The Kier molecular flexibility index (Phi) is 4.88. The molecule has 1 aliphatic rings. The Balaban J connectivity index is 1.78. The molecule has 1 aromatic carbocycles. The fourth-order valence-corrected chi connectivity index (χ4v) is 3.22. The van der Waals surface area contributed by atoms with Crippen molar-refractivity contribution < 1.29 is 4.79 Å². The maximum atomic E-state index is 11.5. The van der Waals surface area contributed by atoms with Crippen molar-refractivity contribution in [2.75, 3.05) is 36.4 Å². The maximum absolute atomic E-state index is 11.5. The first kappa shape index (κ1) is 17.2. The molecule has 0 radical (unpaired) electrons. The Labute approximate surface area is 148 Å². The highest BCUT2D eigenvalue weighted by Crippen LogP contribution is 2.22. The number of benzene rings is 1. The van der Waals surface area contributed by atoms with Gasteiger partial charge >= 0.3 is 0 Å². The van der Waals surface area contributed by atoms with Crippen LogP contribution in [0.4, 0.5) is 17.3 Å². The maximum Gasteiger partial charge on any atom is 0.219 e. The molecular weight excluding hydrogens is 314 g/mol. The Bertz CT molecular complexity index is 761. The predicted molar refractivity (Wildman–Crippen MR) is 100 cm³/mol. The number of carbonyl (C=O) groups excluding carboxylic acids is 1. The summed E-state index contributed by atoms with van der Waals surface area (Å²) in [5.41, 5.74) is 3.46. The van der Waals surface area contributed by atoms with Crippen LogP contribution in [0.2, 0.25) is 0 Å². The highest BCUT2D eigenvalue weighted by Gasteiger charge is 2.20. The molecule has 0 atom stereocenters. The third-order valence-electron chi connectivity index (χ3n) is 4.37. The first-order valence-corrected chi connectivity index (χ1v) is 8.62. The number of aryl methyl sites for hydroxylation is 3. The molecule has 1 aromatic heterocycles. The van der Waals surface area contributed by atoms with E-state index in [9.17, 15) is 4.79 Å². The number of nitrogens with zero attached hydrogens (tertiary/aromatic N) is 4. The van der Waals surface area contributed by atoms with Gasteiger partial charge in [0, 0.05) is 44.9 Å². The number of piperazine rings is 1. The molecule has 132 valence electrons. The summed E-state index contributed by atoms with van der Waals surface area (Å²) in [6.45, 7) is 10.7. The zero-order valence-electron chi connectivity index (χ0n) is 15.3. The topological polar surface area (TPSA) is 61.4 Å². The summed E-state index contributed by atoms with van der Waals surface area (Å²) in [4.78, 5) is 24.7. The minimum Gasteiger partial charge on any atom is -0.353 e. The van der Waals surface area contributed by atoms with Gasteiger partial charge in [-0.2, -0.15) is 0 Å². The number of carbonyl (C=O) groups is 1. The van der Waals surface area contributed by atoms with Crippen molar-refractivity contribution in [1.82, 2.24) is 14.9 Å². The number of amides is 1. The summed E-state index contributed by atoms with van der Waals surface area (Å²) in [5, 5.41) is 3.39. The average Bonchev–Trinajstić information content (AvgIpc) is 2.53. The minimum absolute atomic E-state index is 0.135. The van der Waals surface area contributed by atoms with Crippen LogP contribution in [0, 0.1) is 20.8 Å². The van der Waals surface area contributed by atoms with Crippen LogP contribution >= 0.6 is 0 Å². The number of anilines is 3. The molecule has 0 unspecified atom stereocenters. The van der Waals surface area contributed by atoms with Crippen molar-refractivity contribution in [3.63, 3.8) is 0 Å². The highest BCUT2D eigenvalue weighted by molar-refractivity contribution is 5.73. The molecule has 1 saturated heterocycles. The number of nitrogens with one attached hydrogen (secondary N) is 1. The van der Waals surface area contributed by atoms with Gasteiger partial charge in [0.15, 0.2) is 0 Å². The van der Waals surface area contributed by atoms with Crippen molar-refractivity contribution in [3.8, 4) is 0 Å². The van der Waals surface area contributed by atoms with Crippen molar-refractivity contribution in [3.05, 3.63) is 41.2 Å².